The molecular formula is C19H25FN4O3S. The van der Waals surface area contributed by atoms with Crippen molar-refractivity contribution in [2.24, 2.45) is 0 Å². The maximum atomic E-state index is 13.8. The predicted molar refractivity (Wildman–Crippen MR) is 102 cm³/mol. The Morgan fingerprint density at radius 1 is 1.07 bits per heavy atom. The molecule has 0 amide bonds. The average molecular weight is 408 g/mol. The zero-order chi connectivity index (χ0) is 19.6. The molecule has 1 N–H and O–H groups in total. The number of aromatic amines is 1. The highest BCUT2D eigenvalue weighted by atomic mass is 32.2. The zero-order valence-electron chi connectivity index (χ0n) is 15.6. The molecule has 0 atom stereocenters. The van der Waals surface area contributed by atoms with Gasteiger partial charge < -0.3 is 14.6 Å². The Morgan fingerprint density at radius 2 is 1.79 bits per heavy atom. The molecule has 7 nitrogen and oxygen atoms in total. The fourth-order valence-corrected chi connectivity index (χ4v) is 5.41. The van der Waals surface area contributed by atoms with E-state index in [4.69, 9.17) is 4.74 Å². The Labute approximate surface area is 164 Å². The molecule has 9 heteroatoms. The highest BCUT2D eigenvalue weighted by Crippen LogP contribution is 2.26. The number of imidazole rings is 1. The van der Waals surface area contributed by atoms with E-state index in [0.29, 0.717) is 24.9 Å². The fourth-order valence-electron chi connectivity index (χ4n) is 4.05. The largest absolute Gasteiger partial charge is 0.487 e. The SMILES string of the molecule is O=S(=O)(c1cnc[nH]1)N1CCC(N2CCC(Oc3ccccc3F)CC2)CC1. The maximum Gasteiger partial charge on any atom is 0.260 e. The first-order chi connectivity index (χ1) is 13.5. The van der Waals surface area contributed by atoms with Crippen LogP contribution in [0.3, 0.4) is 0 Å². The van der Waals surface area contributed by atoms with Gasteiger partial charge in [-0.3, -0.25) is 0 Å². The molecular weight excluding hydrogens is 383 g/mol. The summed E-state index contributed by atoms with van der Waals surface area (Å²) in [7, 11) is -3.48. The number of H-pyrrole nitrogens is 1. The monoisotopic (exact) mass is 408 g/mol. The van der Waals surface area contributed by atoms with Crippen molar-refractivity contribution in [3.8, 4) is 5.75 Å². The molecule has 0 unspecified atom stereocenters. The van der Waals surface area contributed by atoms with Gasteiger partial charge in [-0.05, 0) is 37.8 Å². The quantitative estimate of drug-likeness (QED) is 0.821. The van der Waals surface area contributed by atoms with Gasteiger partial charge in [0.2, 0.25) is 0 Å². The van der Waals surface area contributed by atoms with Crippen molar-refractivity contribution in [1.82, 2.24) is 19.2 Å². The topological polar surface area (TPSA) is 78.5 Å². The van der Waals surface area contributed by atoms with Crippen molar-refractivity contribution in [1.29, 1.82) is 0 Å². The Balaban J connectivity index is 1.27. The number of nitrogens with zero attached hydrogens (tertiary/aromatic N) is 3. The van der Waals surface area contributed by atoms with Crippen molar-refractivity contribution in [3.05, 3.63) is 42.6 Å². The van der Waals surface area contributed by atoms with E-state index in [1.54, 1.807) is 18.2 Å². The minimum absolute atomic E-state index is 0.0222. The van der Waals surface area contributed by atoms with Crippen LogP contribution in [-0.4, -0.2) is 65.9 Å². The van der Waals surface area contributed by atoms with Crippen LogP contribution in [0, 0.1) is 5.82 Å². The molecule has 2 aliphatic rings. The second kappa shape index (κ2) is 8.18. The van der Waals surface area contributed by atoms with Gasteiger partial charge in [-0.2, -0.15) is 4.31 Å². The highest BCUT2D eigenvalue weighted by Gasteiger charge is 2.34. The molecule has 3 heterocycles. The van der Waals surface area contributed by atoms with E-state index < -0.39 is 10.0 Å². The van der Waals surface area contributed by atoms with Gasteiger partial charge in [0, 0.05) is 32.2 Å². The second-order valence-corrected chi connectivity index (χ2v) is 9.24. The summed E-state index contributed by atoms with van der Waals surface area (Å²) in [4.78, 5) is 8.91. The van der Waals surface area contributed by atoms with Crippen LogP contribution in [0.25, 0.3) is 0 Å². The third-order valence-electron chi connectivity index (χ3n) is 5.64. The Morgan fingerprint density at radius 3 is 2.43 bits per heavy atom. The number of likely N-dealkylation sites (tertiary alicyclic amines) is 1. The summed E-state index contributed by atoms with van der Waals surface area (Å²) in [5.74, 6) is -0.00551. The van der Waals surface area contributed by atoms with Crippen LogP contribution in [0.5, 0.6) is 5.75 Å². The molecule has 2 aromatic rings. The summed E-state index contributed by atoms with van der Waals surface area (Å²) in [5.41, 5.74) is 0. The molecule has 2 saturated heterocycles. The van der Waals surface area contributed by atoms with E-state index in [2.05, 4.69) is 14.9 Å². The number of sulfonamides is 1. The van der Waals surface area contributed by atoms with Crippen LogP contribution in [-0.2, 0) is 10.0 Å². The standard InChI is InChI=1S/C19H25FN4O3S/c20-17-3-1-2-4-18(17)27-16-7-9-23(10-8-16)15-5-11-24(12-6-15)28(25,26)19-13-21-14-22-19/h1-4,13-16H,5-12H2,(H,21,22). The first-order valence-corrected chi connectivity index (χ1v) is 11.1. The van der Waals surface area contributed by atoms with Crippen LogP contribution in [0.4, 0.5) is 4.39 Å². The number of halogens is 1. The number of hydrogen-bond acceptors (Lipinski definition) is 5. The van der Waals surface area contributed by atoms with Crippen LogP contribution in [0.2, 0.25) is 0 Å². The molecule has 2 aliphatic heterocycles. The minimum Gasteiger partial charge on any atom is -0.487 e. The average Bonchev–Trinajstić information content (AvgIpc) is 3.26. The van der Waals surface area contributed by atoms with Gasteiger partial charge in [0.1, 0.15) is 6.10 Å². The van der Waals surface area contributed by atoms with Gasteiger partial charge in [0.25, 0.3) is 10.0 Å². The molecule has 0 saturated carbocycles. The molecule has 0 bridgehead atoms. The van der Waals surface area contributed by atoms with E-state index in [0.717, 1.165) is 38.8 Å². The van der Waals surface area contributed by atoms with Gasteiger partial charge >= 0.3 is 0 Å². The van der Waals surface area contributed by atoms with Crippen LogP contribution in [0.15, 0.2) is 41.8 Å². The van der Waals surface area contributed by atoms with Gasteiger partial charge in [-0.15, -0.1) is 0 Å². The Hall–Kier alpha value is -1.97. The molecule has 0 spiro atoms. The maximum absolute atomic E-state index is 13.8. The molecule has 28 heavy (non-hydrogen) atoms. The molecule has 0 radical (unpaired) electrons. The number of ether oxygens (including phenoxy) is 1. The van der Waals surface area contributed by atoms with Gasteiger partial charge in [-0.1, -0.05) is 12.1 Å². The summed E-state index contributed by atoms with van der Waals surface area (Å²) in [6, 6.07) is 6.89. The van der Waals surface area contributed by atoms with Crippen LogP contribution >= 0.6 is 0 Å². The number of rotatable bonds is 5. The number of aromatic nitrogens is 2. The van der Waals surface area contributed by atoms with Crippen LogP contribution < -0.4 is 4.74 Å². The van der Waals surface area contributed by atoms with E-state index in [9.17, 15) is 12.8 Å². The third kappa shape index (κ3) is 4.06. The Kier molecular flexibility index (Phi) is 5.65. The Bertz CT molecular complexity index is 874. The first-order valence-electron chi connectivity index (χ1n) is 9.68. The van der Waals surface area contributed by atoms with Crippen molar-refractivity contribution in [2.75, 3.05) is 26.2 Å². The van der Waals surface area contributed by atoms with E-state index in [-0.39, 0.29) is 16.9 Å². The van der Waals surface area contributed by atoms with Gasteiger partial charge in [0.05, 0.1) is 12.5 Å². The van der Waals surface area contributed by atoms with Crippen molar-refractivity contribution in [3.63, 3.8) is 0 Å². The van der Waals surface area contributed by atoms with Gasteiger partial charge in [0.15, 0.2) is 16.6 Å². The smallest absolute Gasteiger partial charge is 0.260 e. The lowest BCUT2D eigenvalue weighted by Crippen LogP contribution is -2.50. The van der Waals surface area contributed by atoms with Crippen molar-refractivity contribution in [2.45, 2.75) is 42.9 Å². The van der Waals surface area contributed by atoms with E-state index in [1.165, 1.54) is 22.9 Å². The number of para-hydroxylation sites is 1. The highest BCUT2D eigenvalue weighted by molar-refractivity contribution is 7.89. The second-order valence-electron chi connectivity index (χ2n) is 7.33. The zero-order valence-corrected chi connectivity index (χ0v) is 16.4. The van der Waals surface area contributed by atoms with Gasteiger partial charge in [-0.25, -0.2) is 17.8 Å². The first kappa shape index (κ1) is 19.4. The minimum atomic E-state index is -3.48. The number of hydrogen-bond donors (Lipinski definition) is 1. The molecule has 1 aromatic heterocycles. The lowest BCUT2D eigenvalue weighted by Gasteiger charge is -2.41. The number of nitrogens with one attached hydrogen (secondary N) is 1. The molecule has 2 fully saturated rings. The molecule has 1 aromatic carbocycles. The fraction of sp³-hybridized carbons (Fsp3) is 0.526. The normalized spacial score (nSPS) is 21.0. The molecule has 152 valence electrons. The number of piperidine rings is 2. The molecule has 0 aliphatic carbocycles. The number of benzene rings is 1. The summed E-state index contributed by atoms with van der Waals surface area (Å²) in [6.07, 6.45) is 6.07. The summed E-state index contributed by atoms with van der Waals surface area (Å²) < 4.78 is 46.2. The van der Waals surface area contributed by atoms with Crippen molar-refractivity contribution >= 4 is 10.0 Å². The lowest BCUT2D eigenvalue weighted by atomic mass is 10.00. The predicted octanol–water partition coefficient (Wildman–Crippen LogP) is 2.25. The summed E-state index contributed by atoms with van der Waals surface area (Å²) in [5, 5.41) is 0.150. The lowest BCUT2D eigenvalue weighted by molar-refractivity contribution is 0.0567. The summed E-state index contributed by atoms with van der Waals surface area (Å²) >= 11 is 0. The third-order valence-corrected chi connectivity index (χ3v) is 7.46. The van der Waals surface area contributed by atoms with E-state index in [1.807, 2.05) is 0 Å². The van der Waals surface area contributed by atoms with Crippen molar-refractivity contribution < 1.29 is 17.5 Å². The summed E-state index contributed by atoms with van der Waals surface area (Å²) in [6.45, 7) is 2.80. The van der Waals surface area contributed by atoms with E-state index >= 15 is 0 Å². The van der Waals surface area contributed by atoms with Crippen LogP contribution in [0.1, 0.15) is 25.7 Å². The molecule has 4 rings (SSSR count).